The normalized spacial score (nSPS) is 13.3. The van der Waals surface area contributed by atoms with Gasteiger partial charge in [-0.15, -0.1) is 11.3 Å². The summed E-state index contributed by atoms with van der Waals surface area (Å²) < 4.78 is 16.1. The Morgan fingerprint density at radius 3 is 3.00 bits per heavy atom. The van der Waals surface area contributed by atoms with Crippen LogP contribution >= 0.6 is 11.3 Å². The number of amides is 1. The number of hydrogen-bond donors (Lipinski definition) is 1. The number of carbonyl (C=O) groups is 1. The molecule has 1 amide bonds. The van der Waals surface area contributed by atoms with Crippen LogP contribution in [-0.2, 0) is 6.42 Å². The molecule has 0 bridgehead atoms. The van der Waals surface area contributed by atoms with Gasteiger partial charge in [-0.2, -0.15) is 0 Å². The molecule has 0 aromatic carbocycles. The summed E-state index contributed by atoms with van der Waals surface area (Å²) >= 11 is 1.29. The van der Waals surface area contributed by atoms with Crippen molar-refractivity contribution in [1.29, 1.82) is 0 Å². The van der Waals surface area contributed by atoms with Gasteiger partial charge < -0.3 is 14.0 Å². The van der Waals surface area contributed by atoms with Crippen LogP contribution in [0.5, 0.6) is 11.5 Å². The van der Waals surface area contributed by atoms with E-state index in [-0.39, 0.29) is 5.91 Å². The maximum absolute atomic E-state index is 12.3. The fourth-order valence-electron chi connectivity index (χ4n) is 1.99. The molecular weight excluding hydrogens is 280 g/mol. The van der Waals surface area contributed by atoms with Crippen LogP contribution in [0.3, 0.4) is 0 Å². The molecular formula is C13H14N2O4S. The third-order valence-corrected chi connectivity index (χ3v) is 4.03. The molecule has 0 saturated heterocycles. The Morgan fingerprint density at radius 2 is 2.25 bits per heavy atom. The van der Waals surface area contributed by atoms with Gasteiger partial charge in [0, 0.05) is 10.9 Å². The Bertz CT molecular complexity index is 647. The molecule has 1 aliphatic rings. The summed E-state index contributed by atoms with van der Waals surface area (Å²) in [5.41, 5.74) is 1.69. The lowest BCUT2D eigenvalue weighted by Gasteiger charge is -2.15. The smallest absolute Gasteiger partial charge is 0.272 e. The van der Waals surface area contributed by atoms with Crippen molar-refractivity contribution < 1.29 is 18.8 Å². The van der Waals surface area contributed by atoms with E-state index in [2.05, 4.69) is 10.5 Å². The summed E-state index contributed by atoms with van der Waals surface area (Å²) in [5, 5.41) is 8.41. The molecule has 106 valence electrons. The molecule has 0 fully saturated rings. The first-order valence-corrected chi connectivity index (χ1v) is 7.22. The average Bonchev–Trinajstić information content (AvgIpc) is 3.03. The Labute approximate surface area is 119 Å². The van der Waals surface area contributed by atoms with Crippen LogP contribution in [0.1, 0.15) is 27.9 Å². The number of fused-ring (bicyclic) bond motifs is 1. The molecule has 0 atom stereocenters. The quantitative estimate of drug-likeness (QED) is 0.942. The minimum atomic E-state index is -0.274. The van der Waals surface area contributed by atoms with E-state index in [9.17, 15) is 4.79 Å². The van der Waals surface area contributed by atoms with Gasteiger partial charge in [0.2, 0.25) is 5.88 Å². The van der Waals surface area contributed by atoms with Crippen molar-refractivity contribution in [3.05, 3.63) is 21.5 Å². The van der Waals surface area contributed by atoms with E-state index in [1.807, 2.05) is 13.8 Å². The Kier molecular flexibility index (Phi) is 3.35. The number of ether oxygens (including phenoxy) is 2. The lowest BCUT2D eigenvalue weighted by Crippen LogP contribution is -2.17. The minimum Gasteiger partial charge on any atom is -0.485 e. The molecule has 1 aliphatic heterocycles. The number of aromatic nitrogens is 1. The Morgan fingerprint density at radius 1 is 1.45 bits per heavy atom. The SMILES string of the molecule is CCc1noc(NC(=O)c2scc3c2OCCO3)c1C. The van der Waals surface area contributed by atoms with Crippen molar-refractivity contribution in [1.82, 2.24) is 5.16 Å². The topological polar surface area (TPSA) is 73.6 Å². The zero-order valence-corrected chi connectivity index (χ0v) is 12.0. The standard InChI is InChI=1S/C13H14N2O4S/c1-3-8-7(2)13(19-15-8)14-12(16)11-10-9(6-20-11)17-4-5-18-10/h6H,3-5H2,1-2H3,(H,14,16). The molecule has 2 aromatic rings. The van der Waals surface area contributed by atoms with Gasteiger partial charge in [0.1, 0.15) is 18.1 Å². The molecule has 7 heteroatoms. The van der Waals surface area contributed by atoms with Crippen LogP contribution in [0, 0.1) is 6.92 Å². The van der Waals surface area contributed by atoms with E-state index >= 15 is 0 Å². The molecule has 1 N–H and O–H groups in total. The highest BCUT2D eigenvalue weighted by Gasteiger charge is 2.25. The predicted octanol–water partition coefficient (Wildman–Crippen LogP) is 2.63. The van der Waals surface area contributed by atoms with Gasteiger partial charge in [0.25, 0.3) is 5.91 Å². The number of carbonyl (C=O) groups excluding carboxylic acids is 1. The molecule has 0 saturated carbocycles. The summed E-state index contributed by atoms with van der Waals surface area (Å²) in [4.78, 5) is 12.8. The number of hydrogen-bond acceptors (Lipinski definition) is 6. The van der Waals surface area contributed by atoms with Crippen LogP contribution in [0.15, 0.2) is 9.90 Å². The van der Waals surface area contributed by atoms with Gasteiger partial charge in [-0.1, -0.05) is 12.1 Å². The van der Waals surface area contributed by atoms with E-state index < -0.39 is 0 Å². The van der Waals surface area contributed by atoms with Crippen LogP contribution < -0.4 is 14.8 Å². The van der Waals surface area contributed by atoms with Crippen LogP contribution in [0.2, 0.25) is 0 Å². The number of nitrogens with zero attached hydrogens (tertiary/aromatic N) is 1. The average molecular weight is 294 g/mol. The Hall–Kier alpha value is -2.02. The zero-order chi connectivity index (χ0) is 14.1. The van der Waals surface area contributed by atoms with Gasteiger partial charge in [-0.25, -0.2) is 0 Å². The van der Waals surface area contributed by atoms with E-state index in [0.29, 0.717) is 35.5 Å². The molecule has 2 aromatic heterocycles. The third-order valence-electron chi connectivity index (χ3n) is 3.09. The van der Waals surface area contributed by atoms with E-state index in [4.69, 9.17) is 14.0 Å². The summed E-state index contributed by atoms with van der Waals surface area (Å²) in [6.45, 7) is 4.81. The number of anilines is 1. The van der Waals surface area contributed by atoms with Crippen molar-refractivity contribution in [2.45, 2.75) is 20.3 Å². The third kappa shape index (κ3) is 2.14. The van der Waals surface area contributed by atoms with Gasteiger partial charge in [0.15, 0.2) is 11.5 Å². The highest BCUT2D eigenvalue weighted by Crippen LogP contribution is 2.39. The molecule has 0 unspecified atom stereocenters. The van der Waals surface area contributed by atoms with Gasteiger partial charge in [-0.05, 0) is 13.3 Å². The van der Waals surface area contributed by atoms with E-state index in [1.165, 1.54) is 11.3 Å². The first kappa shape index (κ1) is 13.0. The summed E-state index contributed by atoms with van der Waals surface area (Å²) in [6, 6.07) is 0. The second-order valence-corrected chi connectivity index (χ2v) is 5.23. The molecule has 3 heterocycles. The number of aryl methyl sites for hydroxylation is 1. The molecule has 6 nitrogen and oxygen atoms in total. The molecule has 3 rings (SSSR count). The summed E-state index contributed by atoms with van der Waals surface area (Å²) in [7, 11) is 0. The van der Waals surface area contributed by atoms with E-state index in [0.717, 1.165) is 17.7 Å². The fourth-order valence-corrected chi connectivity index (χ4v) is 2.82. The van der Waals surface area contributed by atoms with Gasteiger partial charge >= 0.3 is 0 Å². The number of thiophene rings is 1. The highest BCUT2D eigenvalue weighted by molar-refractivity contribution is 7.13. The summed E-state index contributed by atoms with van der Waals surface area (Å²) in [6.07, 6.45) is 0.760. The van der Waals surface area contributed by atoms with Crippen molar-refractivity contribution in [3.8, 4) is 11.5 Å². The lowest BCUT2D eigenvalue weighted by molar-refractivity contribution is 0.101. The Balaban J connectivity index is 1.82. The molecule has 0 radical (unpaired) electrons. The largest absolute Gasteiger partial charge is 0.485 e. The first-order valence-electron chi connectivity index (χ1n) is 6.34. The van der Waals surface area contributed by atoms with E-state index in [1.54, 1.807) is 5.38 Å². The maximum Gasteiger partial charge on any atom is 0.272 e. The minimum absolute atomic E-state index is 0.274. The van der Waals surface area contributed by atoms with Crippen LogP contribution in [-0.4, -0.2) is 24.3 Å². The highest BCUT2D eigenvalue weighted by atomic mass is 32.1. The predicted molar refractivity (Wildman–Crippen MR) is 73.9 cm³/mol. The zero-order valence-electron chi connectivity index (χ0n) is 11.2. The molecule has 0 spiro atoms. The molecule has 0 aliphatic carbocycles. The van der Waals surface area contributed by atoms with Crippen LogP contribution in [0.4, 0.5) is 5.88 Å². The maximum atomic E-state index is 12.3. The first-order chi connectivity index (χ1) is 9.70. The number of nitrogens with one attached hydrogen (secondary N) is 1. The van der Waals surface area contributed by atoms with Crippen LogP contribution in [0.25, 0.3) is 0 Å². The van der Waals surface area contributed by atoms with Crippen molar-refractivity contribution in [2.24, 2.45) is 0 Å². The van der Waals surface area contributed by atoms with Crippen molar-refractivity contribution in [2.75, 3.05) is 18.5 Å². The van der Waals surface area contributed by atoms with Crippen molar-refractivity contribution in [3.63, 3.8) is 0 Å². The fraction of sp³-hybridized carbons (Fsp3) is 0.385. The van der Waals surface area contributed by atoms with Gasteiger partial charge in [-0.3, -0.25) is 10.1 Å². The second-order valence-electron chi connectivity index (χ2n) is 4.35. The van der Waals surface area contributed by atoms with Gasteiger partial charge in [0.05, 0.1) is 5.69 Å². The van der Waals surface area contributed by atoms with Crippen molar-refractivity contribution >= 4 is 23.1 Å². The second kappa shape index (κ2) is 5.16. The monoisotopic (exact) mass is 294 g/mol. The summed E-state index contributed by atoms with van der Waals surface area (Å²) in [5.74, 6) is 1.23. The molecule has 20 heavy (non-hydrogen) atoms. The lowest BCUT2D eigenvalue weighted by atomic mass is 10.2. The number of rotatable bonds is 3.